The molecule has 3 N–H and O–H groups in total. The van der Waals surface area contributed by atoms with Crippen LogP contribution in [0.1, 0.15) is 19.3 Å². The Kier molecular flexibility index (Phi) is 4.51. The summed E-state index contributed by atoms with van der Waals surface area (Å²) in [6.07, 6.45) is 3.49. The van der Waals surface area contributed by atoms with Crippen LogP contribution in [0.2, 0.25) is 0 Å². The van der Waals surface area contributed by atoms with Crippen molar-refractivity contribution >= 4 is 17.6 Å². The van der Waals surface area contributed by atoms with Gasteiger partial charge in [-0.2, -0.15) is 0 Å². The minimum absolute atomic E-state index is 0.0440. The summed E-state index contributed by atoms with van der Waals surface area (Å²) < 4.78 is 0. The van der Waals surface area contributed by atoms with Gasteiger partial charge in [-0.3, -0.25) is 4.79 Å². The lowest BCUT2D eigenvalue weighted by atomic mass is 10.2. The first-order chi connectivity index (χ1) is 9.20. The van der Waals surface area contributed by atoms with Gasteiger partial charge in [0.05, 0.1) is 19.1 Å². The number of aliphatic carboxylic acids is 1. The molecule has 7 heteroatoms. The number of aliphatic hydroxyl groups is 1. The fourth-order valence-corrected chi connectivity index (χ4v) is 2.23. The quantitative estimate of drug-likeness (QED) is 0.682. The highest BCUT2D eigenvalue weighted by molar-refractivity contribution is 5.67. The minimum atomic E-state index is -0.846. The number of hydrogen-bond donors (Lipinski definition) is 3. The van der Waals surface area contributed by atoms with E-state index >= 15 is 0 Å². The maximum atomic E-state index is 10.4. The molecule has 0 bridgehead atoms. The topological polar surface area (TPSA) is 98.6 Å². The van der Waals surface area contributed by atoms with Crippen molar-refractivity contribution in [3.63, 3.8) is 0 Å². The number of rotatable bonds is 6. The van der Waals surface area contributed by atoms with Gasteiger partial charge in [-0.1, -0.05) is 0 Å². The first-order valence-corrected chi connectivity index (χ1v) is 6.36. The standard InChI is InChI=1S/C12H18N4O3/c17-7-9-2-1-5-16(9)11-6-10(14-8-15-11)13-4-3-12(18)19/h6,8-9,17H,1-5,7H2,(H,18,19)(H,13,14,15). The average Bonchev–Trinajstić information content (AvgIpc) is 2.87. The van der Waals surface area contributed by atoms with Crippen LogP contribution in [0.25, 0.3) is 0 Å². The summed E-state index contributed by atoms with van der Waals surface area (Å²) in [5.41, 5.74) is 0. The van der Waals surface area contributed by atoms with Gasteiger partial charge in [0.1, 0.15) is 18.0 Å². The molecule has 2 heterocycles. The molecule has 0 aliphatic carbocycles. The van der Waals surface area contributed by atoms with E-state index in [-0.39, 0.29) is 19.1 Å². The molecule has 0 aromatic carbocycles. The van der Waals surface area contributed by atoms with Gasteiger partial charge in [-0.05, 0) is 12.8 Å². The van der Waals surface area contributed by atoms with Gasteiger partial charge >= 0.3 is 5.97 Å². The second kappa shape index (κ2) is 6.33. The fraction of sp³-hybridized carbons (Fsp3) is 0.583. The molecule has 1 atom stereocenters. The van der Waals surface area contributed by atoms with Crippen molar-refractivity contribution in [2.75, 3.05) is 29.9 Å². The second-order valence-corrected chi connectivity index (χ2v) is 4.50. The second-order valence-electron chi connectivity index (χ2n) is 4.50. The zero-order valence-corrected chi connectivity index (χ0v) is 10.6. The highest BCUT2D eigenvalue weighted by atomic mass is 16.4. The molecule has 1 saturated heterocycles. The highest BCUT2D eigenvalue weighted by Crippen LogP contribution is 2.24. The molecular formula is C12H18N4O3. The predicted molar refractivity (Wildman–Crippen MR) is 70.2 cm³/mol. The third kappa shape index (κ3) is 3.54. The molecule has 7 nitrogen and oxygen atoms in total. The molecule has 19 heavy (non-hydrogen) atoms. The van der Waals surface area contributed by atoms with E-state index in [9.17, 15) is 9.90 Å². The summed E-state index contributed by atoms with van der Waals surface area (Å²) in [5.74, 6) is 0.529. The van der Waals surface area contributed by atoms with E-state index in [1.807, 2.05) is 0 Å². The predicted octanol–water partition coefficient (Wildman–Crippen LogP) is 0.324. The Morgan fingerprint density at radius 3 is 3.11 bits per heavy atom. The number of carboxylic acids is 1. The molecule has 0 saturated carbocycles. The molecule has 0 amide bonds. The fourth-order valence-electron chi connectivity index (χ4n) is 2.23. The Morgan fingerprint density at radius 2 is 2.37 bits per heavy atom. The molecule has 0 spiro atoms. The minimum Gasteiger partial charge on any atom is -0.481 e. The van der Waals surface area contributed by atoms with E-state index in [0.29, 0.717) is 12.4 Å². The molecule has 1 fully saturated rings. The molecule has 104 valence electrons. The van der Waals surface area contributed by atoms with Crippen molar-refractivity contribution in [3.8, 4) is 0 Å². The number of nitrogens with zero attached hydrogens (tertiary/aromatic N) is 3. The average molecular weight is 266 g/mol. The number of hydrogen-bond acceptors (Lipinski definition) is 6. The molecule has 1 aromatic heterocycles. The van der Waals surface area contributed by atoms with Crippen molar-refractivity contribution in [2.24, 2.45) is 0 Å². The van der Waals surface area contributed by atoms with Crippen LogP contribution >= 0.6 is 0 Å². The van der Waals surface area contributed by atoms with Crippen LogP contribution in [0, 0.1) is 0 Å². The lowest BCUT2D eigenvalue weighted by Gasteiger charge is -2.24. The lowest BCUT2D eigenvalue weighted by molar-refractivity contribution is -0.136. The molecule has 1 aromatic rings. The van der Waals surface area contributed by atoms with E-state index in [4.69, 9.17) is 5.11 Å². The number of carboxylic acid groups (broad SMARTS) is 1. The Labute approximate surface area is 111 Å². The van der Waals surface area contributed by atoms with Gasteiger partial charge in [0.15, 0.2) is 0 Å². The van der Waals surface area contributed by atoms with Crippen LogP contribution in [-0.4, -0.2) is 51.9 Å². The van der Waals surface area contributed by atoms with Gasteiger partial charge in [-0.15, -0.1) is 0 Å². The highest BCUT2D eigenvalue weighted by Gasteiger charge is 2.25. The molecule has 1 unspecified atom stereocenters. The normalized spacial score (nSPS) is 18.6. The van der Waals surface area contributed by atoms with Crippen LogP contribution in [0.4, 0.5) is 11.6 Å². The molecule has 1 aliphatic rings. The van der Waals surface area contributed by atoms with Gasteiger partial charge in [-0.25, -0.2) is 9.97 Å². The van der Waals surface area contributed by atoms with Crippen LogP contribution in [0.3, 0.4) is 0 Å². The van der Waals surface area contributed by atoms with E-state index in [2.05, 4.69) is 20.2 Å². The summed E-state index contributed by atoms with van der Waals surface area (Å²) in [5, 5.41) is 20.8. The number of carbonyl (C=O) groups is 1. The van der Waals surface area contributed by atoms with E-state index in [1.54, 1.807) is 6.07 Å². The van der Waals surface area contributed by atoms with Crippen molar-refractivity contribution in [1.29, 1.82) is 0 Å². The SMILES string of the molecule is O=C(O)CCNc1cc(N2CCCC2CO)ncn1. The Morgan fingerprint density at radius 1 is 1.53 bits per heavy atom. The first-order valence-electron chi connectivity index (χ1n) is 6.36. The van der Waals surface area contributed by atoms with Crippen LogP contribution in [0.15, 0.2) is 12.4 Å². The summed E-state index contributed by atoms with van der Waals surface area (Å²) in [6, 6.07) is 1.90. The largest absolute Gasteiger partial charge is 0.481 e. The summed E-state index contributed by atoms with van der Waals surface area (Å²) in [6.45, 7) is 1.32. The summed E-state index contributed by atoms with van der Waals surface area (Å²) in [4.78, 5) is 20.8. The van der Waals surface area contributed by atoms with Gasteiger partial charge in [0.25, 0.3) is 0 Å². The smallest absolute Gasteiger partial charge is 0.305 e. The number of aromatic nitrogens is 2. The molecule has 0 radical (unpaired) electrons. The zero-order chi connectivity index (χ0) is 13.7. The molecule has 2 rings (SSSR count). The first kappa shape index (κ1) is 13.5. The van der Waals surface area contributed by atoms with Crippen LogP contribution in [0.5, 0.6) is 0 Å². The molecular weight excluding hydrogens is 248 g/mol. The zero-order valence-electron chi connectivity index (χ0n) is 10.6. The Bertz CT molecular complexity index is 441. The number of aliphatic hydroxyl groups excluding tert-OH is 1. The van der Waals surface area contributed by atoms with Gasteiger partial charge in [0, 0.05) is 19.2 Å². The van der Waals surface area contributed by atoms with E-state index in [1.165, 1.54) is 6.33 Å². The van der Waals surface area contributed by atoms with Crippen LogP contribution < -0.4 is 10.2 Å². The third-order valence-electron chi connectivity index (χ3n) is 3.18. The summed E-state index contributed by atoms with van der Waals surface area (Å²) in [7, 11) is 0. The lowest BCUT2D eigenvalue weighted by Crippen LogP contribution is -2.32. The third-order valence-corrected chi connectivity index (χ3v) is 3.18. The molecule has 1 aliphatic heterocycles. The van der Waals surface area contributed by atoms with Gasteiger partial charge < -0.3 is 20.4 Å². The van der Waals surface area contributed by atoms with Crippen molar-refractivity contribution in [3.05, 3.63) is 12.4 Å². The Hall–Kier alpha value is -1.89. The van der Waals surface area contributed by atoms with E-state index < -0.39 is 5.97 Å². The van der Waals surface area contributed by atoms with Gasteiger partial charge in [0.2, 0.25) is 0 Å². The number of anilines is 2. The Balaban J connectivity index is 2.00. The maximum absolute atomic E-state index is 10.4. The maximum Gasteiger partial charge on any atom is 0.305 e. The summed E-state index contributed by atoms with van der Waals surface area (Å²) >= 11 is 0. The van der Waals surface area contributed by atoms with Crippen molar-refractivity contribution in [1.82, 2.24) is 9.97 Å². The van der Waals surface area contributed by atoms with Crippen molar-refractivity contribution in [2.45, 2.75) is 25.3 Å². The van der Waals surface area contributed by atoms with Crippen molar-refractivity contribution < 1.29 is 15.0 Å². The van der Waals surface area contributed by atoms with Crippen LogP contribution in [-0.2, 0) is 4.79 Å². The van der Waals surface area contributed by atoms with E-state index in [0.717, 1.165) is 25.2 Å². The monoisotopic (exact) mass is 266 g/mol. The number of nitrogens with one attached hydrogen (secondary N) is 1.